The van der Waals surface area contributed by atoms with Crippen LogP contribution in [0.2, 0.25) is 0 Å². The highest BCUT2D eigenvalue weighted by molar-refractivity contribution is 7.09. The van der Waals surface area contributed by atoms with E-state index in [4.69, 9.17) is 0 Å². The molecule has 0 saturated carbocycles. The lowest BCUT2D eigenvalue weighted by Gasteiger charge is -2.07. The zero-order valence-electron chi connectivity index (χ0n) is 9.21. The van der Waals surface area contributed by atoms with Crippen LogP contribution in [0.4, 0.5) is 11.4 Å². The minimum Gasteiger partial charge on any atom is -0.378 e. The molecule has 5 nitrogen and oxygen atoms in total. The molecular formula is C11H11N3O2S. The van der Waals surface area contributed by atoms with E-state index < -0.39 is 4.92 Å². The van der Waals surface area contributed by atoms with Crippen LogP contribution in [0.3, 0.4) is 0 Å². The number of nitro groups is 1. The predicted octanol–water partition coefficient (Wildman–Crippen LogP) is 2.97. The Labute approximate surface area is 102 Å². The van der Waals surface area contributed by atoms with Crippen LogP contribution in [0, 0.1) is 17.0 Å². The molecule has 17 heavy (non-hydrogen) atoms. The zero-order valence-corrected chi connectivity index (χ0v) is 10.0. The monoisotopic (exact) mass is 249 g/mol. The third kappa shape index (κ3) is 2.79. The van der Waals surface area contributed by atoms with Gasteiger partial charge in [0.25, 0.3) is 5.69 Å². The fourth-order valence-electron chi connectivity index (χ4n) is 1.43. The van der Waals surface area contributed by atoms with Crippen LogP contribution in [0.15, 0.2) is 29.8 Å². The van der Waals surface area contributed by atoms with Gasteiger partial charge >= 0.3 is 0 Å². The summed E-state index contributed by atoms with van der Waals surface area (Å²) in [5, 5.41) is 16.7. The molecule has 0 bridgehead atoms. The minimum absolute atomic E-state index is 0.0947. The Morgan fingerprint density at radius 3 is 3.00 bits per heavy atom. The lowest BCUT2D eigenvalue weighted by Crippen LogP contribution is -2.01. The molecule has 0 fully saturated rings. The molecule has 2 rings (SSSR count). The number of non-ortho nitro benzene ring substituents is 1. The van der Waals surface area contributed by atoms with Crippen molar-refractivity contribution in [1.82, 2.24) is 4.98 Å². The average molecular weight is 249 g/mol. The van der Waals surface area contributed by atoms with Crippen molar-refractivity contribution in [2.24, 2.45) is 0 Å². The van der Waals surface area contributed by atoms with Gasteiger partial charge in [-0.3, -0.25) is 10.1 Å². The van der Waals surface area contributed by atoms with E-state index in [-0.39, 0.29) is 5.69 Å². The van der Waals surface area contributed by atoms with Gasteiger partial charge in [-0.15, -0.1) is 11.3 Å². The summed E-state index contributed by atoms with van der Waals surface area (Å²) in [6.07, 6.45) is 1.74. The molecule has 0 atom stereocenters. The number of thiazole rings is 1. The van der Waals surface area contributed by atoms with E-state index in [0.29, 0.717) is 6.54 Å². The average Bonchev–Trinajstić information content (AvgIpc) is 2.80. The smallest absolute Gasteiger partial charge is 0.271 e. The van der Waals surface area contributed by atoms with Crippen molar-refractivity contribution >= 4 is 22.7 Å². The van der Waals surface area contributed by atoms with Crippen LogP contribution in [-0.4, -0.2) is 9.91 Å². The summed E-state index contributed by atoms with van der Waals surface area (Å²) in [5.41, 5.74) is 1.85. The number of aryl methyl sites for hydroxylation is 1. The summed E-state index contributed by atoms with van der Waals surface area (Å²) in [5.74, 6) is 0. The summed E-state index contributed by atoms with van der Waals surface area (Å²) in [6, 6.07) is 4.79. The van der Waals surface area contributed by atoms with Crippen LogP contribution in [0.1, 0.15) is 10.6 Å². The number of hydrogen-bond donors (Lipinski definition) is 1. The molecule has 0 aliphatic heterocycles. The Hall–Kier alpha value is -1.95. The van der Waals surface area contributed by atoms with E-state index in [9.17, 15) is 10.1 Å². The lowest BCUT2D eigenvalue weighted by atomic mass is 10.2. The van der Waals surface area contributed by atoms with Gasteiger partial charge in [0.2, 0.25) is 0 Å². The largest absolute Gasteiger partial charge is 0.378 e. The number of benzene rings is 1. The number of anilines is 1. The summed E-state index contributed by atoms with van der Waals surface area (Å²) in [4.78, 5) is 14.4. The number of hydrogen-bond acceptors (Lipinski definition) is 5. The van der Waals surface area contributed by atoms with Crippen molar-refractivity contribution in [2.75, 3.05) is 5.32 Å². The molecule has 2 aromatic rings. The molecule has 1 aromatic carbocycles. The molecule has 0 radical (unpaired) electrons. The van der Waals surface area contributed by atoms with E-state index in [2.05, 4.69) is 10.3 Å². The van der Waals surface area contributed by atoms with Crippen LogP contribution < -0.4 is 5.32 Å². The number of aromatic nitrogens is 1. The number of nitro benzene ring substituents is 1. The second-order valence-electron chi connectivity index (χ2n) is 3.54. The fraction of sp³-hybridized carbons (Fsp3) is 0.182. The SMILES string of the molecule is Cc1ccc([N+](=O)[O-])cc1NCc1nccs1. The van der Waals surface area contributed by atoms with E-state index in [1.807, 2.05) is 12.3 Å². The zero-order chi connectivity index (χ0) is 12.3. The van der Waals surface area contributed by atoms with Crippen LogP contribution >= 0.6 is 11.3 Å². The quantitative estimate of drug-likeness (QED) is 0.668. The predicted molar refractivity (Wildman–Crippen MR) is 67.3 cm³/mol. The molecular weight excluding hydrogens is 238 g/mol. The topological polar surface area (TPSA) is 68.1 Å². The summed E-state index contributed by atoms with van der Waals surface area (Å²) in [6.45, 7) is 2.49. The Morgan fingerprint density at radius 1 is 1.53 bits per heavy atom. The van der Waals surface area contributed by atoms with Crippen molar-refractivity contribution in [1.29, 1.82) is 0 Å². The fourth-order valence-corrected chi connectivity index (χ4v) is 1.98. The molecule has 0 saturated heterocycles. The summed E-state index contributed by atoms with van der Waals surface area (Å²) in [7, 11) is 0. The molecule has 0 aliphatic carbocycles. The van der Waals surface area contributed by atoms with Gasteiger partial charge in [0.1, 0.15) is 5.01 Å². The van der Waals surface area contributed by atoms with Gasteiger partial charge in [-0.25, -0.2) is 4.98 Å². The summed E-state index contributed by atoms with van der Waals surface area (Å²) < 4.78 is 0. The first-order valence-corrected chi connectivity index (χ1v) is 5.92. The van der Waals surface area contributed by atoms with E-state index in [0.717, 1.165) is 16.3 Å². The van der Waals surface area contributed by atoms with E-state index in [1.165, 1.54) is 6.07 Å². The molecule has 1 N–H and O–H groups in total. The van der Waals surface area contributed by atoms with Gasteiger partial charge in [0, 0.05) is 29.4 Å². The van der Waals surface area contributed by atoms with Crippen molar-refractivity contribution in [3.8, 4) is 0 Å². The highest BCUT2D eigenvalue weighted by Gasteiger charge is 2.08. The van der Waals surface area contributed by atoms with Gasteiger partial charge in [0.15, 0.2) is 0 Å². The highest BCUT2D eigenvalue weighted by Crippen LogP contribution is 2.22. The maximum absolute atomic E-state index is 10.7. The molecule has 0 aliphatic rings. The van der Waals surface area contributed by atoms with E-state index >= 15 is 0 Å². The van der Waals surface area contributed by atoms with Crippen LogP contribution in [0.5, 0.6) is 0 Å². The third-order valence-electron chi connectivity index (χ3n) is 2.35. The second kappa shape index (κ2) is 4.92. The molecule has 1 heterocycles. The van der Waals surface area contributed by atoms with Gasteiger partial charge in [0.05, 0.1) is 11.5 Å². The molecule has 0 unspecified atom stereocenters. The first kappa shape index (κ1) is 11.5. The Kier molecular flexibility index (Phi) is 3.34. The molecule has 88 valence electrons. The highest BCUT2D eigenvalue weighted by atomic mass is 32.1. The molecule has 0 spiro atoms. The van der Waals surface area contributed by atoms with Gasteiger partial charge in [-0.2, -0.15) is 0 Å². The van der Waals surface area contributed by atoms with Crippen molar-refractivity contribution in [3.05, 3.63) is 50.5 Å². The van der Waals surface area contributed by atoms with Crippen molar-refractivity contribution in [2.45, 2.75) is 13.5 Å². The minimum atomic E-state index is -0.395. The number of rotatable bonds is 4. The Balaban J connectivity index is 2.14. The Morgan fingerprint density at radius 2 is 2.35 bits per heavy atom. The first-order chi connectivity index (χ1) is 8.16. The van der Waals surface area contributed by atoms with Gasteiger partial charge < -0.3 is 5.32 Å². The normalized spacial score (nSPS) is 10.2. The molecule has 1 aromatic heterocycles. The van der Waals surface area contributed by atoms with Crippen molar-refractivity contribution in [3.63, 3.8) is 0 Å². The molecule has 6 heteroatoms. The van der Waals surface area contributed by atoms with E-state index in [1.54, 1.807) is 29.7 Å². The first-order valence-electron chi connectivity index (χ1n) is 5.04. The Bertz CT molecular complexity index is 526. The van der Waals surface area contributed by atoms with Crippen LogP contribution in [-0.2, 0) is 6.54 Å². The lowest BCUT2D eigenvalue weighted by molar-refractivity contribution is -0.384. The number of nitrogens with one attached hydrogen (secondary N) is 1. The number of nitrogens with zero attached hydrogens (tertiary/aromatic N) is 2. The third-order valence-corrected chi connectivity index (χ3v) is 3.13. The van der Waals surface area contributed by atoms with Gasteiger partial charge in [-0.05, 0) is 12.5 Å². The maximum atomic E-state index is 10.7. The standard InChI is InChI=1S/C11H11N3O2S/c1-8-2-3-9(14(15)16)6-10(8)13-7-11-12-4-5-17-11/h2-6,13H,7H2,1H3. The summed E-state index contributed by atoms with van der Waals surface area (Å²) >= 11 is 1.55. The van der Waals surface area contributed by atoms with Gasteiger partial charge in [-0.1, -0.05) is 6.07 Å². The van der Waals surface area contributed by atoms with Crippen LogP contribution in [0.25, 0.3) is 0 Å². The molecule has 0 amide bonds. The van der Waals surface area contributed by atoms with Crippen molar-refractivity contribution < 1.29 is 4.92 Å². The second-order valence-corrected chi connectivity index (χ2v) is 4.51. The maximum Gasteiger partial charge on any atom is 0.271 e.